The Labute approximate surface area is 144 Å². The number of nitrogens with one attached hydrogen (secondary N) is 1. The van der Waals surface area contributed by atoms with Crippen LogP contribution in [0.4, 0.5) is 0 Å². The molecule has 2 rings (SSSR count). The van der Waals surface area contributed by atoms with Gasteiger partial charge in [0.2, 0.25) is 5.91 Å². The number of halogens is 1. The van der Waals surface area contributed by atoms with E-state index in [1.165, 1.54) is 7.11 Å². The van der Waals surface area contributed by atoms with Gasteiger partial charge in [0.25, 0.3) is 0 Å². The number of hydrogen-bond acceptors (Lipinski definition) is 4. The van der Waals surface area contributed by atoms with E-state index in [1.807, 2.05) is 24.3 Å². The van der Waals surface area contributed by atoms with Crippen molar-refractivity contribution in [2.75, 3.05) is 13.7 Å². The summed E-state index contributed by atoms with van der Waals surface area (Å²) in [6.45, 7) is 0.0241. The van der Waals surface area contributed by atoms with E-state index in [2.05, 4.69) is 21.2 Å². The van der Waals surface area contributed by atoms with Crippen LogP contribution >= 0.6 is 15.9 Å². The van der Waals surface area contributed by atoms with Gasteiger partial charge in [-0.25, -0.2) is 0 Å². The van der Waals surface area contributed by atoms with Gasteiger partial charge >= 0.3 is 5.97 Å². The number of amides is 1. The number of esters is 1. The first kappa shape index (κ1) is 17.9. The summed E-state index contributed by atoms with van der Waals surface area (Å²) in [7, 11) is 1.34. The second-order valence-electron chi connectivity index (χ2n) is 5.67. The first-order chi connectivity index (χ1) is 11.1. The molecule has 1 aliphatic carbocycles. The standard InChI is InChI=1S/C17H22BrNO4/c1-22-17(21)10-15(12-5-4-6-13(18)9-12)19-16(20)11-23-14-7-2-3-8-14/h4-6,9,14-15H,2-3,7-8,10-11H2,1H3,(H,19,20)/t15-/m0/s1. The Morgan fingerprint density at radius 3 is 2.74 bits per heavy atom. The zero-order valence-corrected chi connectivity index (χ0v) is 14.8. The van der Waals surface area contributed by atoms with E-state index in [9.17, 15) is 9.59 Å². The molecule has 1 aromatic carbocycles. The molecule has 6 heteroatoms. The van der Waals surface area contributed by atoms with E-state index in [4.69, 9.17) is 9.47 Å². The molecule has 0 aromatic heterocycles. The van der Waals surface area contributed by atoms with Crippen LogP contribution in [0.1, 0.15) is 43.7 Å². The summed E-state index contributed by atoms with van der Waals surface area (Å²) < 4.78 is 11.2. The fourth-order valence-corrected chi connectivity index (χ4v) is 3.13. The van der Waals surface area contributed by atoms with Crippen molar-refractivity contribution in [3.63, 3.8) is 0 Å². The Morgan fingerprint density at radius 1 is 1.35 bits per heavy atom. The Balaban J connectivity index is 1.95. The summed E-state index contributed by atoms with van der Waals surface area (Å²) in [6.07, 6.45) is 4.63. The molecule has 5 nitrogen and oxygen atoms in total. The summed E-state index contributed by atoms with van der Waals surface area (Å²) in [5.74, 6) is -0.585. The molecule has 1 aromatic rings. The zero-order valence-electron chi connectivity index (χ0n) is 13.2. The molecule has 0 radical (unpaired) electrons. The first-order valence-electron chi connectivity index (χ1n) is 7.81. The lowest BCUT2D eigenvalue weighted by atomic mass is 10.0. The molecule has 0 unspecified atom stereocenters. The van der Waals surface area contributed by atoms with Crippen LogP contribution in [0.2, 0.25) is 0 Å². The van der Waals surface area contributed by atoms with Crippen molar-refractivity contribution in [1.82, 2.24) is 5.32 Å². The molecule has 0 saturated heterocycles. The van der Waals surface area contributed by atoms with Crippen molar-refractivity contribution in [1.29, 1.82) is 0 Å². The van der Waals surface area contributed by atoms with Crippen molar-refractivity contribution in [2.45, 2.75) is 44.2 Å². The second kappa shape index (κ2) is 9.03. The Morgan fingerprint density at radius 2 is 2.09 bits per heavy atom. The number of carbonyl (C=O) groups excluding carboxylic acids is 2. The summed E-state index contributed by atoms with van der Waals surface area (Å²) in [4.78, 5) is 23.8. The number of carbonyl (C=O) groups is 2. The topological polar surface area (TPSA) is 64.6 Å². The molecule has 0 bridgehead atoms. The highest BCUT2D eigenvalue weighted by Gasteiger charge is 2.21. The highest BCUT2D eigenvalue weighted by molar-refractivity contribution is 9.10. The van der Waals surface area contributed by atoms with Gasteiger partial charge in [-0.1, -0.05) is 40.9 Å². The fraction of sp³-hybridized carbons (Fsp3) is 0.529. The van der Waals surface area contributed by atoms with Gasteiger partial charge in [0.1, 0.15) is 6.61 Å². The molecule has 23 heavy (non-hydrogen) atoms. The molecule has 1 fully saturated rings. The van der Waals surface area contributed by atoms with Crippen LogP contribution < -0.4 is 5.32 Å². The molecular formula is C17H22BrNO4. The SMILES string of the molecule is COC(=O)C[C@H](NC(=O)COC1CCCC1)c1cccc(Br)c1. The van der Waals surface area contributed by atoms with Crippen LogP contribution in [0.3, 0.4) is 0 Å². The number of ether oxygens (including phenoxy) is 2. The molecule has 1 aliphatic rings. The predicted octanol–water partition coefficient (Wildman–Crippen LogP) is 3.13. The summed E-state index contributed by atoms with van der Waals surface area (Å²) >= 11 is 3.40. The molecule has 0 spiro atoms. The zero-order chi connectivity index (χ0) is 16.7. The van der Waals surface area contributed by atoms with Gasteiger partial charge in [0.15, 0.2) is 0 Å². The van der Waals surface area contributed by atoms with E-state index < -0.39 is 6.04 Å². The minimum Gasteiger partial charge on any atom is -0.469 e. The third-order valence-corrected chi connectivity index (χ3v) is 4.43. The molecule has 0 heterocycles. The molecular weight excluding hydrogens is 362 g/mol. The molecule has 0 aliphatic heterocycles. The second-order valence-corrected chi connectivity index (χ2v) is 6.59. The highest BCUT2D eigenvalue weighted by atomic mass is 79.9. The smallest absolute Gasteiger partial charge is 0.307 e. The molecule has 1 N–H and O–H groups in total. The van der Waals surface area contributed by atoms with E-state index in [-0.39, 0.29) is 31.0 Å². The average Bonchev–Trinajstić information content (AvgIpc) is 3.05. The lowest BCUT2D eigenvalue weighted by Crippen LogP contribution is -2.34. The van der Waals surface area contributed by atoms with Crippen molar-refractivity contribution >= 4 is 27.8 Å². The summed E-state index contributed by atoms with van der Waals surface area (Å²) in [5, 5.41) is 2.86. The minimum absolute atomic E-state index is 0.0241. The largest absolute Gasteiger partial charge is 0.469 e. The van der Waals surface area contributed by atoms with Crippen LogP contribution in [0.25, 0.3) is 0 Å². The van der Waals surface area contributed by atoms with Crippen LogP contribution in [0, 0.1) is 0 Å². The van der Waals surface area contributed by atoms with Crippen LogP contribution in [-0.2, 0) is 19.1 Å². The third kappa shape index (κ3) is 5.95. The van der Waals surface area contributed by atoms with Gasteiger partial charge in [-0.3, -0.25) is 9.59 Å². The maximum absolute atomic E-state index is 12.1. The van der Waals surface area contributed by atoms with E-state index in [0.717, 1.165) is 35.7 Å². The van der Waals surface area contributed by atoms with Crippen LogP contribution in [0.15, 0.2) is 28.7 Å². The normalized spacial score (nSPS) is 16.1. The van der Waals surface area contributed by atoms with Crippen molar-refractivity contribution in [2.24, 2.45) is 0 Å². The maximum atomic E-state index is 12.1. The number of hydrogen-bond donors (Lipinski definition) is 1. The third-order valence-electron chi connectivity index (χ3n) is 3.94. The average molecular weight is 384 g/mol. The van der Waals surface area contributed by atoms with Crippen molar-refractivity contribution in [3.8, 4) is 0 Å². The summed E-state index contributed by atoms with van der Waals surface area (Å²) in [6, 6.07) is 7.08. The van der Waals surface area contributed by atoms with E-state index in [0.29, 0.717) is 0 Å². The number of rotatable bonds is 7. The number of benzene rings is 1. The molecule has 1 atom stereocenters. The fourth-order valence-electron chi connectivity index (χ4n) is 2.71. The van der Waals surface area contributed by atoms with Crippen molar-refractivity contribution < 1.29 is 19.1 Å². The van der Waals surface area contributed by atoms with E-state index in [1.54, 1.807) is 0 Å². The van der Waals surface area contributed by atoms with Gasteiger partial charge in [-0.05, 0) is 30.5 Å². The monoisotopic (exact) mass is 383 g/mol. The Kier molecular flexibility index (Phi) is 7.05. The first-order valence-corrected chi connectivity index (χ1v) is 8.61. The Hall–Kier alpha value is -1.40. The number of methoxy groups -OCH3 is 1. The summed E-state index contributed by atoms with van der Waals surface area (Å²) in [5.41, 5.74) is 0.846. The minimum atomic E-state index is -0.431. The lowest BCUT2D eigenvalue weighted by molar-refractivity contribution is -0.141. The van der Waals surface area contributed by atoms with Crippen LogP contribution in [-0.4, -0.2) is 31.7 Å². The predicted molar refractivity (Wildman–Crippen MR) is 89.9 cm³/mol. The van der Waals surface area contributed by atoms with Gasteiger partial charge in [-0.2, -0.15) is 0 Å². The lowest BCUT2D eigenvalue weighted by Gasteiger charge is -2.19. The van der Waals surface area contributed by atoms with Gasteiger partial charge < -0.3 is 14.8 Å². The van der Waals surface area contributed by atoms with Crippen LogP contribution in [0.5, 0.6) is 0 Å². The maximum Gasteiger partial charge on any atom is 0.307 e. The van der Waals surface area contributed by atoms with Gasteiger partial charge in [-0.15, -0.1) is 0 Å². The molecule has 1 amide bonds. The molecule has 126 valence electrons. The Bertz CT molecular complexity index is 543. The van der Waals surface area contributed by atoms with Gasteiger partial charge in [0, 0.05) is 4.47 Å². The quantitative estimate of drug-likeness (QED) is 0.734. The van der Waals surface area contributed by atoms with Gasteiger partial charge in [0.05, 0.1) is 25.7 Å². The van der Waals surface area contributed by atoms with E-state index >= 15 is 0 Å². The molecule has 1 saturated carbocycles. The van der Waals surface area contributed by atoms with Crippen molar-refractivity contribution in [3.05, 3.63) is 34.3 Å². The highest BCUT2D eigenvalue weighted by Crippen LogP contribution is 2.22.